The normalized spacial score (nSPS) is 28.4. The van der Waals surface area contributed by atoms with Crippen LogP contribution in [-0.4, -0.2) is 13.2 Å². The van der Waals surface area contributed by atoms with Gasteiger partial charge in [0, 0.05) is 12.0 Å². The quantitative estimate of drug-likeness (QED) is 0.768. The van der Waals surface area contributed by atoms with Crippen LogP contribution in [0.5, 0.6) is 5.75 Å². The minimum absolute atomic E-state index is 0.719. The Hall–Kier alpha value is -1.02. The first kappa shape index (κ1) is 8.30. The van der Waals surface area contributed by atoms with Gasteiger partial charge in [0.1, 0.15) is 5.75 Å². The van der Waals surface area contributed by atoms with Crippen LogP contribution in [0.1, 0.15) is 23.5 Å². The van der Waals surface area contributed by atoms with Gasteiger partial charge in [-0.1, -0.05) is 12.1 Å². The molecule has 3 rings (SSSR count). The van der Waals surface area contributed by atoms with Crippen molar-refractivity contribution in [2.45, 2.75) is 18.8 Å². The van der Waals surface area contributed by atoms with Crippen LogP contribution < -0.4 is 10.5 Å². The zero-order chi connectivity index (χ0) is 9.54. The maximum absolute atomic E-state index is 5.68. The lowest BCUT2D eigenvalue weighted by molar-refractivity contribution is 0.357. The molecule has 2 N–H and O–H groups in total. The highest BCUT2D eigenvalue weighted by molar-refractivity contribution is 5.46. The summed E-state index contributed by atoms with van der Waals surface area (Å²) in [6.07, 6.45) is 2.35. The van der Waals surface area contributed by atoms with E-state index < -0.39 is 0 Å². The number of nitrogens with two attached hydrogens (primary N) is 1. The maximum atomic E-state index is 5.68. The second kappa shape index (κ2) is 2.99. The Kier molecular flexibility index (Phi) is 1.77. The molecule has 0 bridgehead atoms. The zero-order valence-corrected chi connectivity index (χ0v) is 8.20. The fourth-order valence-electron chi connectivity index (χ4n) is 2.48. The summed E-state index contributed by atoms with van der Waals surface area (Å²) in [6.45, 7) is 1.68. The van der Waals surface area contributed by atoms with Gasteiger partial charge in [-0.25, -0.2) is 0 Å². The van der Waals surface area contributed by atoms with Gasteiger partial charge < -0.3 is 10.5 Å². The molecular weight excluding hydrogens is 174 g/mol. The van der Waals surface area contributed by atoms with Crippen molar-refractivity contribution in [3.8, 4) is 5.75 Å². The van der Waals surface area contributed by atoms with Crippen LogP contribution in [0, 0.1) is 5.92 Å². The van der Waals surface area contributed by atoms with E-state index >= 15 is 0 Å². The predicted octanol–water partition coefficient (Wildman–Crippen LogP) is 1.68. The minimum atomic E-state index is 0.719. The fourth-order valence-corrected chi connectivity index (χ4v) is 2.48. The smallest absolute Gasteiger partial charge is 0.122 e. The number of rotatable bonds is 2. The Bertz CT molecular complexity index is 361. The highest BCUT2D eigenvalue weighted by Crippen LogP contribution is 2.49. The molecule has 2 aliphatic rings. The molecule has 0 radical (unpaired) electrons. The summed E-state index contributed by atoms with van der Waals surface area (Å²) in [4.78, 5) is 0. The van der Waals surface area contributed by atoms with Gasteiger partial charge in [0.25, 0.3) is 0 Å². The van der Waals surface area contributed by atoms with E-state index in [1.807, 2.05) is 0 Å². The Labute approximate surface area is 84.1 Å². The average Bonchev–Trinajstić information content (AvgIpc) is 2.85. The van der Waals surface area contributed by atoms with Gasteiger partial charge in [-0.15, -0.1) is 0 Å². The second-order valence-electron chi connectivity index (χ2n) is 4.26. The summed E-state index contributed by atoms with van der Waals surface area (Å²) in [5.41, 5.74) is 8.61. The third kappa shape index (κ3) is 1.14. The number of hydrogen-bond donors (Lipinski definition) is 1. The average molecular weight is 189 g/mol. The van der Waals surface area contributed by atoms with E-state index in [4.69, 9.17) is 10.5 Å². The third-order valence-electron chi connectivity index (χ3n) is 3.40. The van der Waals surface area contributed by atoms with Crippen LogP contribution in [0.15, 0.2) is 18.2 Å². The van der Waals surface area contributed by atoms with Crippen molar-refractivity contribution in [3.63, 3.8) is 0 Å². The van der Waals surface area contributed by atoms with Crippen molar-refractivity contribution in [1.82, 2.24) is 0 Å². The Morgan fingerprint density at radius 1 is 1.43 bits per heavy atom. The molecule has 0 amide bonds. The molecule has 1 aliphatic carbocycles. The SMILES string of the molecule is NC[C@@H]1C[C@@H]1c1cccc2c1CCO2. The van der Waals surface area contributed by atoms with Gasteiger partial charge in [0.2, 0.25) is 0 Å². The molecule has 0 spiro atoms. The molecule has 1 heterocycles. The van der Waals surface area contributed by atoms with Gasteiger partial charge in [-0.3, -0.25) is 0 Å². The number of benzene rings is 1. The first-order valence-corrected chi connectivity index (χ1v) is 5.35. The molecule has 2 heteroatoms. The monoisotopic (exact) mass is 189 g/mol. The van der Waals surface area contributed by atoms with Crippen molar-refractivity contribution >= 4 is 0 Å². The van der Waals surface area contributed by atoms with Gasteiger partial charge in [0.05, 0.1) is 6.61 Å². The van der Waals surface area contributed by atoms with E-state index in [1.165, 1.54) is 17.5 Å². The van der Waals surface area contributed by atoms with Crippen LogP contribution >= 0.6 is 0 Å². The molecule has 14 heavy (non-hydrogen) atoms. The number of hydrogen-bond acceptors (Lipinski definition) is 2. The number of ether oxygens (including phenoxy) is 1. The topological polar surface area (TPSA) is 35.2 Å². The summed E-state index contributed by atoms with van der Waals surface area (Å²) < 4.78 is 5.55. The summed E-state index contributed by atoms with van der Waals surface area (Å²) in [6, 6.07) is 6.42. The van der Waals surface area contributed by atoms with Gasteiger partial charge >= 0.3 is 0 Å². The van der Waals surface area contributed by atoms with E-state index in [2.05, 4.69) is 18.2 Å². The summed E-state index contributed by atoms with van der Waals surface area (Å²) >= 11 is 0. The molecule has 2 atom stereocenters. The van der Waals surface area contributed by atoms with Crippen LogP contribution in [-0.2, 0) is 6.42 Å². The molecule has 0 saturated heterocycles. The summed E-state index contributed by atoms with van der Waals surface area (Å²) in [7, 11) is 0. The molecule has 74 valence electrons. The second-order valence-corrected chi connectivity index (χ2v) is 4.26. The van der Waals surface area contributed by atoms with E-state index in [1.54, 1.807) is 0 Å². The summed E-state index contributed by atoms with van der Waals surface area (Å²) in [5.74, 6) is 2.55. The van der Waals surface area contributed by atoms with Crippen molar-refractivity contribution in [2.75, 3.05) is 13.2 Å². The number of fused-ring (bicyclic) bond motifs is 1. The molecule has 1 fully saturated rings. The zero-order valence-electron chi connectivity index (χ0n) is 8.20. The molecule has 0 aromatic heterocycles. The van der Waals surface area contributed by atoms with Crippen molar-refractivity contribution in [1.29, 1.82) is 0 Å². The summed E-state index contributed by atoms with van der Waals surface area (Å²) in [5, 5.41) is 0. The van der Waals surface area contributed by atoms with Crippen molar-refractivity contribution in [2.24, 2.45) is 11.7 Å². The van der Waals surface area contributed by atoms with E-state index in [-0.39, 0.29) is 0 Å². The standard InChI is InChI=1S/C12H15NO/c13-7-8-6-11(8)9-2-1-3-12-10(9)4-5-14-12/h1-3,8,11H,4-7,13H2/t8-,11-/m0/s1. The van der Waals surface area contributed by atoms with Crippen molar-refractivity contribution in [3.05, 3.63) is 29.3 Å². The van der Waals surface area contributed by atoms with Crippen LogP contribution in [0.2, 0.25) is 0 Å². The predicted molar refractivity (Wildman–Crippen MR) is 55.5 cm³/mol. The Balaban J connectivity index is 1.95. The lowest BCUT2D eigenvalue weighted by Crippen LogP contribution is -2.02. The molecular formula is C12H15NO. The highest BCUT2D eigenvalue weighted by Gasteiger charge is 2.39. The Morgan fingerprint density at radius 3 is 3.14 bits per heavy atom. The maximum Gasteiger partial charge on any atom is 0.122 e. The molecule has 1 saturated carbocycles. The molecule has 0 unspecified atom stereocenters. The van der Waals surface area contributed by atoms with Crippen LogP contribution in [0.25, 0.3) is 0 Å². The first-order chi connectivity index (χ1) is 6.90. The largest absolute Gasteiger partial charge is 0.493 e. The molecule has 1 aromatic rings. The molecule has 1 aliphatic heterocycles. The Morgan fingerprint density at radius 2 is 2.36 bits per heavy atom. The van der Waals surface area contributed by atoms with Gasteiger partial charge in [-0.2, -0.15) is 0 Å². The van der Waals surface area contributed by atoms with Gasteiger partial charge in [0.15, 0.2) is 0 Å². The first-order valence-electron chi connectivity index (χ1n) is 5.35. The lowest BCUT2D eigenvalue weighted by atomic mass is 10.00. The van der Waals surface area contributed by atoms with Crippen LogP contribution in [0.4, 0.5) is 0 Å². The minimum Gasteiger partial charge on any atom is -0.493 e. The highest BCUT2D eigenvalue weighted by atomic mass is 16.5. The van der Waals surface area contributed by atoms with E-state index in [0.717, 1.165) is 37.2 Å². The molecule has 2 nitrogen and oxygen atoms in total. The van der Waals surface area contributed by atoms with E-state index in [9.17, 15) is 0 Å². The van der Waals surface area contributed by atoms with Crippen LogP contribution in [0.3, 0.4) is 0 Å². The lowest BCUT2D eigenvalue weighted by Gasteiger charge is -2.05. The van der Waals surface area contributed by atoms with Crippen molar-refractivity contribution < 1.29 is 4.74 Å². The molecule has 1 aromatic carbocycles. The fraction of sp³-hybridized carbons (Fsp3) is 0.500. The van der Waals surface area contributed by atoms with Gasteiger partial charge in [-0.05, 0) is 36.4 Å². The van der Waals surface area contributed by atoms with E-state index in [0.29, 0.717) is 0 Å². The third-order valence-corrected chi connectivity index (χ3v) is 3.40.